The normalized spacial score (nSPS) is 10.1. The zero-order chi connectivity index (χ0) is 18.3. The Morgan fingerprint density at radius 2 is 1.08 bits per heavy atom. The smallest absolute Gasteiger partial charge is 0.303 e. The molecule has 0 aromatic carbocycles. The Kier molecular flexibility index (Phi) is 28.0. The molecule has 24 heavy (non-hydrogen) atoms. The molecule has 0 unspecified atom stereocenters. The van der Waals surface area contributed by atoms with E-state index in [1.54, 1.807) is 0 Å². The summed E-state index contributed by atoms with van der Waals surface area (Å²) in [6.07, 6.45) is 22.1. The van der Waals surface area contributed by atoms with Gasteiger partial charge < -0.3 is 5.11 Å². The maximum atomic E-state index is 10.3. The van der Waals surface area contributed by atoms with Crippen molar-refractivity contribution in [2.24, 2.45) is 0 Å². The van der Waals surface area contributed by atoms with E-state index >= 15 is 0 Å². The summed E-state index contributed by atoms with van der Waals surface area (Å²) in [6.45, 7) is 5.78. The molecule has 0 fully saturated rings. The molecule has 0 aromatic heterocycles. The molecular formula is C21H41NaO2. The van der Waals surface area contributed by atoms with Gasteiger partial charge in [0.1, 0.15) is 0 Å². The van der Waals surface area contributed by atoms with Crippen LogP contribution in [0.1, 0.15) is 110 Å². The first-order valence-corrected chi connectivity index (χ1v) is 11.9. The van der Waals surface area contributed by atoms with Crippen molar-refractivity contribution < 1.29 is 9.90 Å². The molecule has 0 spiro atoms. The predicted molar refractivity (Wildman–Crippen MR) is 108 cm³/mol. The molecule has 0 amide bonds. The fourth-order valence-electron chi connectivity index (χ4n) is 2.65. The zero-order valence-electron chi connectivity index (χ0n) is 16.7. The monoisotopic (exact) mass is 348 g/mol. The van der Waals surface area contributed by atoms with Crippen LogP contribution in [0.3, 0.4) is 0 Å². The van der Waals surface area contributed by atoms with E-state index in [-0.39, 0.29) is 0 Å². The van der Waals surface area contributed by atoms with E-state index in [0.717, 1.165) is 12.8 Å². The van der Waals surface area contributed by atoms with Gasteiger partial charge in [0.25, 0.3) is 0 Å². The van der Waals surface area contributed by atoms with Crippen LogP contribution in [0, 0.1) is 0 Å². The number of carboxylic acids is 1. The third-order valence-corrected chi connectivity index (χ3v) is 4.86. The summed E-state index contributed by atoms with van der Waals surface area (Å²) in [5.74, 6) is -0.653. The van der Waals surface area contributed by atoms with Gasteiger partial charge in [-0.1, -0.05) is 96.8 Å². The van der Waals surface area contributed by atoms with Crippen molar-refractivity contribution >= 4 is 33.9 Å². The third kappa shape index (κ3) is 30.1. The second-order valence-electron chi connectivity index (χ2n) is 6.79. The molecule has 138 valence electrons. The summed E-state index contributed by atoms with van der Waals surface area (Å²) in [4.78, 5) is 10.3. The van der Waals surface area contributed by atoms with Crippen molar-refractivity contribution in [1.29, 1.82) is 0 Å². The van der Waals surface area contributed by atoms with Gasteiger partial charge in [-0.3, -0.25) is 4.79 Å². The summed E-state index contributed by atoms with van der Waals surface area (Å²) in [7, 11) is 0. The molecule has 0 bridgehead atoms. The van der Waals surface area contributed by atoms with Crippen LogP contribution in [0.4, 0.5) is 0 Å². The number of rotatable bonds is 17. The van der Waals surface area contributed by atoms with Gasteiger partial charge in [0.15, 0.2) is 0 Å². The molecule has 0 aromatic rings. The largest absolute Gasteiger partial charge is 0.481 e. The third-order valence-electron chi connectivity index (χ3n) is 4.28. The van der Waals surface area contributed by atoms with Crippen LogP contribution in [-0.4, -0.2) is 39.0 Å². The molecule has 0 radical (unpaired) electrons. The molecule has 0 heterocycles. The van der Waals surface area contributed by atoms with Crippen LogP contribution in [0.15, 0.2) is 12.7 Å². The van der Waals surface area contributed by atoms with E-state index in [4.69, 9.17) is 5.11 Å². The molecular weight excluding hydrogens is 307 g/mol. The average molecular weight is 349 g/mol. The van der Waals surface area contributed by atoms with Crippen molar-refractivity contribution in [3.8, 4) is 0 Å². The van der Waals surface area contributed by atoms with Crippen LogP contribution in [0.25, 0.3) is 0 Å². The van der Waals surface area contributed by atoms with Crippen molar-refractivity contribution in [1.82, 2.24) is 0 Å². The fourth-order valence-corrected chi connectivity index (χ4v) is 2.65. The van der Waals surface area contributed by atoms with Gasteiger partial charge in [-0.2, -0.15) is 0 Å². The average Bonchev–Trinajstić information content (AvgIpc) is 2.58. The van der Waals surface area contributed by atoms with Gasteiger partial charge >= 0.3 is 50.2 Å². The second kappa shape index (κ2) is 25.5. The Balaban J connectivity index is 0. The Labute approximate surface area is 169 Å². The van der Waals surface area contributed by atoms with Gasteiger partial charge in [0, 0.05) is 6.42 Å². The van der Waals surface area contributed by atoms with E-state index in [1.807, 2.05) is 6.08 Å². The van der Waals surface area contributed by atoms with Gasteiger partial charge in [-0.15, -0.1) is 0 Å². The summed E-state index contributed by atoms with van der Waals surface area (Å²) in [5, 5.41) is 8.52. The van der Waals surface area contributed by atoms with Crippen molar-refractivity contribution in [3.63, 3.8) is 0 Å². The van der Waals surface area contributed by atoms with Crippen LogP contribution < -0.4 is 0 Å². The number of hydrogen-bond donors (Lipinski definition) is 1. The van der Waals surface area contributed by atoms with E-state index in [1.165, 1.54) is 115 Å². The fraction of sp³-hybridized carbons (Fsp3) is 0.857. The minimum absolute atomic E-state index is 0.345. The summed E-state index contributed by atoms with van der Waals surface area (Å²) < 4.78 is 1.22. The van der Waals surface area contributed by atoms with Crippen molar-refractivity contribution in [2.45, 2.75) is 113 Å². The van der Waals surface area contributed by atoms with E-state index in [0.29, 0.717) is 6.42 Å². The molecule has 0 rings (SSSR count). The molecule has 0 saturated heterocycles. The standard InChI is InChI=1S/C18H36O2.C3H5.Na/c1-2-3-4-5-6-7-8-9-10-11-12-13-14-15-16-17-18(19)20;1-3-2;/h2-17H2,1H3,(H,19,20);3H,1-2H2;. The SMILES string of the molecule is C=C[CH2][Na].CCCCCCCCCCCCCCCCCC(=O)O. The minimum atomic E-state index is -0.653. The topological polar surface area (TPSA) is 37.3 Å². The first kappa shape index (κ1) is 26.4. The quantitative estimate of drug-likeness (QED) is 0.173. The Bertz CT molecular complexity index is 254. The van der Waals surface area contributed by atoms with Crippen LogP contribution in [0.2, 0.25) is 3.67 Å². The van der Waals surface area contributed by atoms with Crippen LogP contribution >= 0.6 is 0 Å². The molecule has 0 aliphatic rings. The summed E-state index contributed by atoms with van der Waals surface area (Å²) >= 11 is 1.27. The zero-order valence-corrected chi connectivity index (χ0v) is 18.7. The Morgan fingerprint density at radius 1 is 0.792 bits per heavy atom. The maximum Gasteiger partial charge on any atom is 0.303 e. The molecule has 0 saturated carbocycles. The first-order chi connectivity index (χ1) is 11.7. The first-order valence-electron chi connectivity index (χ1n) is 10.5. The minimum Gasteiger partial charge on any atom is -0.481 e. The second-order valence-corrected chi connectivity index (χ2v) is 7.61. The molecule has 0 aliphatic carbocycles. The predicted octanol–water partition coefficient (Wildman–Crippen LogP) is 7.09. The number of allylic oxidation sites excluding steroid dienone is 1. The van der Waals surface area contributed by atoms with Gasteiger partial charge in [0.2, 0.25) is 0 Å². The van der Waals surface area contributed by atoms with E-state index in [9.17, 15) is 4.79 Å². The Hall–Kier alpha value is 0.210. The summed E-state index contributed by atoms with van der Waals surface area (Å²) in [5.41, 5.74) is 0. The van der Waals surface area contributed by atoms with Gasteiger partial charge in [0.05, 0.1) is 0 Å². The number of unbranched alkanes of at least 4 members (excludes halogenated alkanes) is 14. The number of aliphatic carboxylic acids is 1. The van der Waals surface area contributed by atoms with Crippen molar-refractivity contribution in [2.75, 3.05) is 0 Å². The van der Waals surface area contributed by atoms with Crippen LogP contribution in [0.5, 0.6) is 0 Å². The molecule has 2 nitrogen and oxygen atoms in total. The van der Waals surface area contributed by atoms with Gasteiger partial charge in [-0.25, -0.2) is 0 Å². The molecule has 0 aliphatic heterocycles. The number of hydrogen-bond acceptors (Lipinski definition) is 1. The molecule has 3 heteroatoms. The van der Waals surface area contributed by atoms with Crippen molar-refractivity contribution in [3.05, 3.63) is 12.7 Å². The van der Waals surface area contributed by atoms with E-state index in [2.05, 4.69) is 13.5 Å². The molecule has 0 atom stereocenters. The number of carbonyl (C=O) groups is 1. The van der Waals surface area contributed by atoms with E-state index < -0.39 is 5.97 Å². The number of carboxylic acid groups (broad SMARTS) is 1. The molecule has 1 N–H and O–H groups in total. The summed E-state index contributed by atoms with van der Waals surface area (Å²) in [6, 6.07) is 0. The maximum absolute atomic E-state index is 10.3. The van der Waals surface area contributed by atoms with Gasteiger partial charge in [-0.05, 0) is 6.42 Å². The Morgan fingerprint density at radius 3 is 1.33 bits per heavy atom. The van der Waals surface area contributed by atoms with Crippen LogP contribution in [-0.2, 0) is 4.79 Å².